The number of hydrogen-bond acceptors (Lipinski definition) is 5. The number of nitrogens with two attached hydrogens (primary N) is 2. The van der Waals surface area contributed by atoms with Gasteiger partial charge in [-0.1, -0.05) is 68.9 Å². The lowest BCUT2D eigenvalue weighted by atomic mass is 10.0. The van der Waals surface area contributed by atoms with Crippen LogP contribution in [0.2, 0.25) is 0 Å². The zero-order chi connectivity index (χ0) is 32.7. The number of ether oxygens (including phenoxy) is 2. The molecule has 0 bridgehead atoms. The lowest BCUT2D eigenvalue weighted by Gasteiger charge is -2.18. The van der Waals surface area contributed by atoms with Gasteiger partial charge >= 0.3 is 18.3 Å². The first-order valence-electron chi connectivity index (χ1n) is 15.2. The van der Waals surface area contributed by atoms with Crippen molar-refractivity contribution in [2.24, 2.45) is 0 Å². The summed E-state index contributed by atoms with van der Waals surface area (Å²) in [6.07, 6.45) is 3.04. The molecule has 0 aliphatic heterocycles. The molecule has 0 saturated heterocycles. The van der Waals surface area contributed by atoms with Crippen molar-refractivity contribution >= 4 is 23.4 Å². The molecule has 3 aromatic rings. The molecule has 244 valence electrons. The second-order valence-electron chi connectivity index (χ2n) is 11.0. The van der Waals surface area contributed by atoms with Gasteiger partial charge in [-0.25, -0.2) is 4.79 Å². The van der Waals surface area contributed by atoms with E-state index in [1.165, 1.54) is 61.4 Å². The van der Waals surface area contributed by atoms with Gasteiger partial charge in [-0.05, 0) is 84.8 Å². The van der Waals surface area contributed by atoms with Crippen molar-refractivity contribution in [2.75, 3.05) is 18.1 Å². The number of benzene rings is 3. The Balaban J connectivity index is 1.26. The van der Waals surface area contributed by atoms with Gasteiger partial charge in [0.05, 0.1) is 12.2 Å². The number of nitrogen functional groups attached to an aromatic ring is 2. The Morgan fingerprint density at radius 3 is 1.98 bits per heavy atom. The maximum atomic E-state index is 14.6. The zero-order valence-electron chi connectivity index (χ0n) is 25.3. The van der Waals surface area contributed by atoms with Crippen LogP contribution in [-0.4, -0.2) is 18.8 Å². The molecule has 3 aromatic carbocycles. The van der Waals surface area contributed by atoms with Gasteiger partial charge in [0.2, 0.25) is 0 Å². The molecule has 0 fully saturated rings. The van der Waals surface area contributed by atoms with Gasteiger partial charge in [0.15, 0.2) is 0 Å². The molecule has 10 heteroatoms. The third-order valence-corrected chi connectivity index (χ3v) is 7.28. The third kappa shape index (κ3) is 13.6. The number of esters is 1. The Bertz CT molecular complexity index is 1360. The van der Waals surface area contributed by atoms with Crippen molar-refractivity contribution in [1.29, 1.82) is 0 Å². The normalized spacial score (nSPS) is 12.0. The van der Waals surface area contributed by atoms with Crippen molar-refractivity contribution in [3.05, 3.63) is 95.1 Å². The van der Waals surface area contributed by atoms with Crippen molar-refractivity contribution in [2.45, 2.75) is 82.9 Å². The van der Waals surface area contributed by atoms with E-state index < -0.39 is 30.2 Å². The van der Waals surface area contributed by atoms with E-state index >= 15 is 0 Å². The molecule has 45 heavy (non-hydrogen) atoms. The van der Waals surface area contributed by atoms with E-state index in [2.05, 4.69) is 0 Å². The van der Waals surface area contributed by atoms with Gasteiger partial charge in [0.1, 0.15) is 5.75 Å². The second-order valence-corrected chi connectivity index (χ2v) is 11.0. The maximum Gasteiger partial charge on any atom is 0.426 e. The Hall–Kier alpha value is -4.08. The van der Waals surface area contributed by atoms with Crippen LogP contribution >= 0.6 is 0 Å². The summed E-state index contributed by atoms with van der Waals surface area (Å²) in [4.78, 5) is 12.0. The highest BCUT2D eigenvalue weighted by Gasteiger charge is 2.34. The average Bonchev–Trinajstić information content (AvgIpc) is 2.99. The minimum Gasteiger partial charge on any atom is -0.463 e. The van der Waals surface area contributed by atoms with Crippen molar-refractivity contribution in [3.63, 3.8) is 0 Å². The summed E-state index contributed by atoms with van der Waals surface area (Å²) in [5.41, 5.74) is 14.7. The molecule has 0 amide bonds. The predicted octanol–water partition coefficient (Wildman–Crippen LogP) is 9.39. The number of carbonyl (C=O) groups is 1. The number of unbranched alkanes of at least 4 members (excludes halogenated alkanes) is 7. The third-order valence-electron chi connectivity index (χ3n) is 7.28. The largest absolute Gasteiger partial charge is 0.463 e. The molecular weight excluding hydrogens is 591 g/mol. The fourth-order valence-corrected chi connectivity index (χ4v) is 4.71. The highest BCUT2D eigenvalue weighted by Crippen LogP contribution is 2.32. The summed E-state index contributed by atoms with van der Waals surface area (Å²) in [6.45, 7) is 0.331. The standard InChI is InChI=1S/C35H41F5N2O3/c36-34(37,38)23-22-27-10-16-29(17-11-27)35(39,40)45-31-19-12-26(13-20-31)14-21-33(43)44-24-8-6-4-2-1-3-5-7-9-28-15-18-30(41)25-32(28)42/h10-21,25H,1-9,22-24,41-42H2/b21-14+. The van der Waals surface area contributed by atoms with E-state index in [0.29, 0.717) is 23.4 Å². The Morgan fingerprint density at radius 2 is 1.36 bits per heavy atom. The molecule has 0 unspecified atom stereocenters. The van der Waals surface area contributed by atoms with Crippen LogP contribution in [0.4, 0.5) is 33.3 Å². The van der Waals surface area contributed by atoms with E-state index in [1.54, 1.807) is 6.07 Å². The van der Waals surface area contributed by atoms with Crippen LogP contribution in [0.1, 0.15) is 80.0 Å². The second kappa shape index (κ2) is 17.4. The van der Waals surface area contributed by atoms with E-state index in [9.17, 15) is 26.7 Å². The summed E-state index contributed by atoms with van der Waals surface area (Å²) in [5, 5.41) is 0. The molecule has 0 atom stereocenters. The first kappa shape index (κ1) is 35.4. The minimum atomic E-state index is -4.31. The summed E-state index contributed by atoms with van der Waals surface area (Å²) in [7, 11) is 0. The van der Waals surface area contributed by atoms with Gasteiger partial charge in [-0.15, -0.1) is 0 Å². The lowest BCUT2D eigenvalue weighted by molar-refractivity contribution is -0.185. The van der Waals surface area contributed by atoms with Crippen LogP contribution in [0.25, 0.3) is 6.08 Å². The van der Waals surface area contributed by atoms with Crippen molar-refractivity contribution in [1.82, 2.24) is 0 Å². The maximum absolute atomic E-state index is 14.6. The van der Waals surface area contributed by atoms with Crippen LogP contribution in [0.15, 0.2) is 72.8 Å². The van der Waals surface area contributed by atoms with Crippen LogP contribution in [0, 0.1) is 0 Å². The number of halogens is 5. The van der Waals surface area contributed by atoms with Gasteiger partial charge in [0, 0.05) is 23.9 Å². The fraction of sp³-hybridized carbons (Fsp3) is 0.400. The Labute approximate surface area is 261 Å². The molecule has 5 nitrogen and oxygen atoms in total. The number of carbonyl (C=O) groups excluding carboxylic acids is 1. The highest BCUT2D eigenvalue weighted by atomic mass is 19.4. The summed E-state index contributed by atoms with van der Waals surface area (Å²) in [6, 6.07) is 16.0. The van der Waals surface area contributed by atoms with Crippen LogP contribution in [0.5, 0.6) is 5.75 Å². The van der Waals surface area contributed by atoms with E-state index in [-0.39, 0.29) is 12.2 Å². The van der Waals surface area contributed by atoms with Gasteiger partial charge in [-0.2, -0.15) is 22.0 Å². The van der Waals surface area contributed by atoms with Crippen molar-refractivity contribution < 1.29 is 36.2 Å². The molecule has 0 heterocycles. The van der Waals surface area contributed by atoms with E-state index in [4.69, 9.17) is 20.9 Å². The van der Waals surface area contributed by atoms with Crippen LogP contribution < -0.4 is 16.2 Å². The molecule has 0 aliphatic carbocycles. The number of hydrogen-bond donors (Lipinski definition) is 2. The monoisotopic (exact) mass is 632 g/mol. The Morgan fingerprint density at radius 1 is 0.733 bits per heavy atom. The molecular formula is C35H41F5N2O3. The molecule has 0 radical (unpaired) electrons. The molecule has 4 N–H and O–H groups in total. The van der Waals surface area contributed by atoms with Gasteiger partial charge in [-0.3, -0.25) is 0 Å². The van der Waals surface area contributed by atoms with Gasteiger partial charge in [0.25, 0.3) is 0 Å². The number of aryl methyl sites for hydroxylation is 2. The average molecular weight is 633 g/mol. The number of rotatable bonds is 18. The lowest BCUT2D eigenvalue weighted by Crippen LogP contribution is -2.21. The minimum absolute atomic E-state index is 0.107. The fourth-order valence-electron chi connectivity index (χ4n) is 4.71. The predicted molar refractivity (Wildman–Crippen MR) is 168 cm³/mol. The SMILES string of the molecule is Nc1ccc(CCCCCCCCCCOC(=O)/C=C/c2ccc(OC(F)(F)c3ccc(CCC(F)(F)F)cc3)cc2)c(N)c1. The van der Waals surface area contributed by atoms with Crippen molar-refractivity contribution in [3.8, 4) is 5.75 Å². The topological polar surface area (TPSA) is 87.6 Å². The summed E-state index contributed by atoms with van der Waals surface area (Å²) in [5.74, 6) is -0.591. The summed E-state index contributed by atoms with van der Waals surface area (Å²) < 4.78 is 76.3. The summed E-state index contributed by atoms with van der Waals surface area (Å²) >= 11 is 0. The highest BCUT2D eigenvalue weighted by molar-refractivity contribution is 5.87. The number of alkyl halides is 5. The number of anilines is 2. The van der Waals surface area contributed by atoms with Crippen LogP contribution in [0.3, 0.4) is 0 Å². The zero-order valence-corrected chi connectivity index (χ0v) is 25.3. The first-order valence-corrected chi connectivity index (χ1v) is 15.2. The molecule has 0 aromatic heterocycles. The quantitative estimate of drug-likeness (QED) is 0.0480. The molecule has 0 saturated carbocycles. The smallest absolute Gasteiger partial charge is 0.426 e. The van der Waals surface area contributed by atoms with Crippen LogP contribution in [-0.2, 0) is 28.5 Å². The van der Waals surface area contributed by atoms with E-state index in [0.717, 1.165) is 68.3 Å². The van der Waals surface area contributed by atoms with Gasteiger partial charge < -0.3 is 20.9 Å². The first-order chi connectivity index (χ1) is 21.4. The molecule has 0 spiro atoms. The van der Waals surface area contributed by atoms with E-state index in [1.807, 2.05) is 12.1 Å². The Kier molecular flexibility index (Phi) is 13.7. The molecule has 3 rings (SSSR count). The molecule has 0 aliphatic rings.